The van der Waals surface area contributed by atoms with Gasteiger partial charge in [0.25, 0.3) is 15.0 Å². The Morgan fingerprint density at radius 2 is 2.00 bits per heavy atom. The van der Waals surface area contributed by atoms with E-state index < -0.39 is 9.05 Å². The molecule has 21 heavy (non-hydrogen) atoms. The van der Waals surface area contributed by atoms with Gasteiger partial charge >= 0.3 is 0 Å². The number of hydrogen-bond donors (Lipinski definition) is 1. The van der Waals surface area contributed by atoms with Crippen molar-refractivity contribution in [2.24, 2.45) is 0 Å². The summed E-state index contributed by atoms with van der Waals surface area (Å²) in [5.74, 6) is -0.214. The third-order valence-electron chi connectivity index (χ3n) is 4.47. The summed E-state index contributed by atoms with van der Waals surface area (Å²) in [5.41, 5.74) is 0.260. The molecule has 1 aromatic heterocycles. The van der Waals surface area contributed by atoms with Gasteiger partial charge in [-0.05, 0) is 38.7 Å². The second-order valence-corrected chi connectivity index (χ2v) is 8.93. The maximum atomic E-state index is 12.4. The van der Waals surface area contributed by atoms with Crippen LogP contribution in [0, 0.1) is 0 Å². The van der Waals surface area contributed by atoms with Gasteiger partial charge in [-0.3, -0.25) is 4.79 Å². The predicted octanol–water partition coefficient (Wildman–Crippen LogP) is 2.81. The number of halogens is 1. The fourth-order valence-corrected chi connectivity index (χ4v) is 3.65. The van der Waals surface area contributed by atoms with Gasteiger partial charge in [0.15, 0.2) is 0 Å². The number of amides is 1. The monoisotopic (exact) mass is 330 g/mol. The third kappa shape index (κ3) is 3.11. The van der Waals surface area contributed by atoms with Crippen LogP contribution in [0.5, 0.6) is 0 Å². The molecule has 0 atom stereocenters. The second-order valence-electron chi connectivity index (χ2n) is 6.36. The van der Waals surface area contributed by atoms with Crippen molar-refractivity contribution >= 4 is 25.6 Å². The van der Waals surface area contributed by atoms with E-state index in [1.54, 1.807) is 4.57 Å². The van der Waals surface area contributed by atoms with Crippen molar-refractivity contribution in [1.82, 2.24) is 9.88 Å². The van der Waals surface area contributed by atoms with E-state index in [0.717, 1.165) is 38.5 Å². The van der Waals surface area contributed by atoms with Gasteiger partial charge in [-0.2, -0.15) is 0 Å². The molecular weight excluding hydrogens is 312 g/mol. The van der Waals surface area contributed by atoms with E-state index in [4.69, 9.17) is 10.7 Å². The van der Waals surface area contributed by atoms with E-state index in [0.29, 0.717) is 5.69 Å². The van der Waals surface area contributed by atoms with Crippen molar-refractivity contribution in [3.63, 3.8) is 0 Å². The molecule has 2 aliphatic rings. The predicted molar refractivity (Wildman–Crippen MR) is 80.1 cm³/mol. The Morgan fingerprint density at radius 1 is 1.38 bits per heavy atom. The Bertz CT molecular complexity index is 670. The minimum Gasteiger partial charge on any atom is -0.346 e. The number of carbonyl (C=O) groups is 1. The van der Waals surface area contributed by atoms with Crippen LogP contribution >= 0.6 is 10.7 Å². The SMILES string of the molecule is CC1(NC(=O)c2cc(S(=O)(=O)Cl)cn2C2CCCC2)CC1. The summed E-state index contributed by atoms with van der Waals surface area (Å²) in [5, 5.41) is 2.98. The van der Waals surface area contributed by atoms with E-state index >= 15 is 0 Å². The molecule has 0 spiro atoms. The van der Waals surface area contributed by atoms with Crippen molar-refractivity contribution < 1.29 is 13.2 Å². The number of rotatable bonds is 4. The van der Waals surface area contributed by atoms with Crippen LogP contribution in [0.4, 0.5) is 0 Å². The molecule has 1 aromatic rings. The van der Waals surface area contributed by atoms with Gasteiger partial charge < -0.3 is 9.88 Å². The van der Waals surface area contributed by atoms with Crippen molar-refractivity contribution in [3.05, 3.63) is 18.0 Å². The van der Waals surface area contributed by atoms with Gasteiger partial charge in [0.05, 0.1) is 0 Å². The van der Waals surface area contributed by atoms with Crippen LogP contribution in [0.2, 0.25) is 0 Å². The molecule has 3 rings (SSSR count). The highest BCUT2D eigenvalue weighted by atomic mass is 35.7. The zero-order valence-corrected chi connectivity index (χ0v) is 13.5. The first kappa shape index (κ1) is 14.9. The second kappa shape index (κ2) is 5.02. The first-order chi connectivity index (χ1) is 9.78. The average molecular weight is 331 g/mol. The summed E-state index contributed by atoms with van der Waals surface area (Å²) < 4.78 is 24.9. The largest absolute Gasteiger partial charge is 0.346 e. The molecular formula is C14H19ClN2O3S. The van der Waals surface area contributed by atoms with E-state index in [-0.39, 0.29) is 22.4 Å². The fourth-order valence-electron chi connectivity index (χ4n) is 2.90. The van der Waals surface area contributed by atoms with Crippen LogP contribution in [-0.2, 0) is 9.05 Å². The maximum Gasteiger partial charge on any atom is 0.268 e. The van der Waals surface area contributed by atoms with Gasteiger partial charge in [-0.25, -0.2) is 8.42 Å². The summed E-state index contributed by atoms with van der Waals surface area (Å²) in [6.45, 7) is 1.99. The highest BCUT2D eigenvalue weighted by Crippen LogP contribution is 2.36. The number of hydrogen-bond acceptors (Lipinski definition) is 3. The van der Waals surface area contributed by atoms with Crippen LogP contribution in [0.3, 0.4) is 0 Å². The van der Waals surface area contributed by atoms with Crippen LogP contribution in [0.1, 0.15) is 62.0 Å². The minimum absolute atomic E-state index is 0.00201. The molecule has 5 nitrogen and oxygen atoms in total. The molecule has 0 saturated heterocycles. The molecule has 1 N–H and O–H groups in total. The molecule has 0 bridgehead atoms. The van der Waals surface area contributed by atoms with Crippen LogP contribution in [0.15, 0.2) is 17.2 Å². The molecule has 0 unspecified atom stereocenters. The van der Waals surface area contributed by atoms with Gasteiger partial charge in [0.2, 0.25) is 0 Å². The summed E-state index contributed by atoms with van der Waals surface area (Å²) in [6.07, 6.45) is 7.56. The van der Waals surface area contributed by atoms with E-state index in [1.807, 2.05) is 6.92 Å². The molecule has 1 amide bonds. The van der Waals surface area contributed by atoms with Gasteiger partial charge in [0.1, 0.15) is 10.6 Å². The van der Waals surface area contributed by atoms with Crippen molar-refractivity contribution in [2.45, 2.75) is 61.9 Å². The Morgan fingerprint density at radius 3 is 2.52 bits per heavy atom. The average Bonchev–Trinajstić information content (AvgIpc) is 2.90. The zero-order valence-electron chi connectivity index (χ0n) is 11.9. The van der Waals surface area contributed by atoms with Crippen molar-refractivity contribution in [3.8, 4) is 0 Å². The Kier molecular flexibility index (Phi) is 3.56. The lowest BCUT2D eigenvalue weighted by Crippen LogP contribution is -2.35. The number of carbonyl (C=O) groups excluding carboxylic acids is 1. The summed E-state index contributed by atoms with van der Waals surface area (Å²) in [6, 6.07) is 1.58. The molecule has 2 fully saturated rings. The number of nitrogens with zero attached hydrogens (tertiary/aromatic N) is 1. The minimum atomic E-state index is -3.82. The molecule has 0 aromatic carbocycles. The van der Waals surface area contributed by atoms with Gasteiger partial charge in [-0.1, -0.05) is 12.8 Å². The normalized spacial score (nSPS) is 21.4. The maximum absolute atomic E-state index is 12.4. The fraction of sp³-hybridized carbons (Fsp3) is 0.643. The summed E-state index contributed by atoms with van der Waals surface area (Å²) >= 11 is 0. The van der Waals surface area contributed by atoms with E-state index in [9.17, 15) is 13.2 Å². The highest BCUT2D eigenvalue weighted by molar-refractivity contribution is 8.13. The number of nitrogens with one attached hydrogen (secondary N) is 1. The third-order valence-corrected chi connectivity index (χ3v) is 5.79. The Labute approximate surface area is 129 Å². The molecule has 0 radical (unpaired) electrons. The smallest absolute Gasteiger partial charge is 0.268 e. The lowest BCUT2D eigenvalue weighted by atomic mass is 10.2. The first-order valence-electron chi connectivity index (χ1n) is 7.28. The van der Waals surface area contributed by atoms with Crippen molar-refractivity contribution in [1.29, 1.82) is 0 Å². The van der Waals surface area contributed by atoms with Crippen LogP contribution in [-0.4, -0.2) is 24.4 Å². The quantitative estimate of drug-likeness (QED) is 0.863. The summed E-state index contributed by atoms with van der Waals surface area (Å²) in [4.78, 5) is 12.5. The molecule has 2 aliphatic carbocycles. The lowest BCUT2D eigenvalue weighted by molar-refractivity contribution is 0.0924. The van der Waals surface area contributed by atoms with Crippen molar-refractivity contribution in [2.75, 3.05) is 0 Å². The highest BCUT2D eigenvalue weighted by Gasteiger charge is 2.39. The van der Waals surface area contributed by atoms with E-state index in [1.165, 1.54) is 12.3 Å². The Hall–Kier alpha value is -1.01. The molecule has 1 heterocycles. The van der Waals surface area contributed by atoms with Gasteiger partial charge in [-0.15, -0.1) is 0 Å². The first-order valence-corrected chi connectivity index (χ1v) is 9.58. The Balaban J connectivity index is 1.96. The standard InChI is InChI=1S/C14H19ClN2O3S/c1-14(6-7-14)16-13(18)12-8-11(21(15,19)20)9-17(12)10-4-2-3-5-10/h8-10H,2-7H2,1H3,(H,16,18). The zero-order chi connectivity index (χ0) is 15.3. The molecule has 2 saturated carbocycles. The summed E-state index contributed by atoms with van der Waals surface area (Å²) in [7, 11) is 1.60. The topological polar surface area (TPSA) is 68.2 Å². The van der Waals surface area contributed by atoms with Crippen LogP contribution in [0.25, 0.3) is 0 Å². The molecule has 7 heteroatoms. The van der Waals surface area contributed by atoms with Crippen LogP contribution < -0.4 is 5.32 Å². The van der Waals surface area contributed by atoms with E-state index in [2.05, 4.69) is 5.32 Å². The molecule has 0 aliphatic heterocycles. The number of aromatic nitrogens is 1. The lowest BCUT2D eigenvalue weighted by Gasteiger charge is -2.17. The molecule has 116 valence electrons. The van der Waals surface area contributed by atoms with Gasteiger partial charge in [0, 0.05) is 28.5 Å².